The summed E-state index contributed by atoms with van der Waals surface area (Å²) in [6, 6.07) is 21.2. The number of para-hydroxylation sites is 3. The smallest absolute Gasteiger partial charge is 0.241 e. The number of nitrogens with one attached hydrogen (secondary N) is 1. The number of carbonyl (C=O) groups is 1. The first-order valence-corrected chi connectivity index (χ1v) is 14.1. The van der Waals surface area contributed by atoms with Crippen molar-refractivity contribution in [1.29, 1.82) is 0 Å². The van der Waals surface area contributed by atoms with Gasteiger partial charge in [-0.3, -0.25) is 9.10 Å². The van der Waals surface area contributed by atoms with Crippen LogP contribution in [-0.2, 0) is 24.7 Å². The zero-order valence-electron chi connectivity index (χ0n) is 19.0. The molecule has 0 bridgehead atoms. The predicted molar refractivity (Wildman–Crippen MR) is 131 cm³/mol. The molecule has 1 unspecified atom stereocenters. The van der Waals surface area contributed by atoms with Crippen LogP contribution in [0.2, 0.25) is 0 Å². The van der Waals surface area contributed by atoms with Gasteiger partial charge in [0.05, 0.1) is 22.9 Å². The van der Waals surface area contributed by atoms with Crippen molar-refractivity contribution in [3.05, 3.63) is 84.4 Å². The van der Waals surface area contributed by atoms with Crippen molar-refractivity contribution in [1.82, 2.24) is 5.32 Å². The van der Waals surface area contributed by atoms with E-state index >= 15 is 0 Å². The van der Waals surface area contributed by atoms with E-state index < -0.39 is 38.4 Å². The van der Waals surface area contributed by atoms with Crippen molar-refractivity contribution >= 4 is 31.5 Å². The molecule has 0 heterocycles. The average molecular weight is 503 g/mol. The number of hydrogen-bond acceptors (Lipinski definition) is 6. The van der Waals surface area contributed by atoms with Gasteiger partial charge in [0.15, 0.2) is 15.6 Å². The Kier molecular flexibility index (Phi) is 7.63. The van der Waals surface area contributed by atoms with Crippen LogP contribution in [0.25, 0.3) is 0 Å². The van der Waals surface area contributed by atoms with Gasteiger partial charge < -0.3 is 10.1 Å². The average Bonchev–Trinajstić information content (AvgIpc) is 2.77. The van der Waals surface area contributed by atoms with E-state index in [4.69, 9.17) is 4.74 Å². The van der Waals surface area contributed by atoms with E-state index in [1.165, 1.54) is 12.1 Å². The molecule has 180 valence electrons. The summed E-state index contributed by atoms with van der Waals surface area (Å²) in [5, 5.41) is 2.76. The molecule has 34 heavy (non-hydrogen) atoms. The van der Waals surface area contributed by atoms with E-state index in [1.807, 2.05) is 6.07 Å². The zero-order chi connectivity index (χ0) is 24.9. The van der Waals surface area contributed by atoms with Crippen molar-refractivity contribution in [3.63, 3.8) is 0 Å². The molecule has 1 atom stereocenters. The standard InChI is InChI=1S/C24H26N2O6S2/c1-18(19-13-15-21(16-14-19)33(2,28)29)25-24(27)17-26(34(3,30)31)22-11-7-8-12-23(22)32-20-9-5-4-6-10-20/h4-16,18H,17H2,1-3H3,(H,25,27). The molecule has 1 amide bonds. The van der Waals surface area contributed by atoms with Gasteiger partial charge in [-0.1, -0.05) is 42.5 Å². The van der Waals surface area contributed by atoms with Crippen LogP contribution in [0.15, 0.2) is 83.8 Å². The van der Waals surface area contributed by atoms with Gasteiger partial charge in [0.1, 0.15) is 12.3 Å². The Balaban J connectivity index is 1.79. The number of nitrogens with zero attached hydrogens (tertiary/aromatic N) is 1. The van der Waals surface area contributed by atoms with Crippen LogP contribution < -0.4 is 14.4 Å². The monoisotopic (exact) mass is 502 g/mol. The maximum absolute atomic E-state index is 12.8. The first kappa shape index (κ1) is 25.3. The predicted octanol–water partition coefficient (Wildman–Crippen LogP) is 3.53. The van der Waals surface area contributed by atoms with Crippen LogP contribution >= 0.6 is 0 Å². The fraction of sp³-hybridized carbons (Fsp3) is 0.208. The SMILES string of the molecule is CC(NC(=O)CN(c1ccccc1Oc1ccccc1)S(C)(=O)=O)c1ccc(S(C)(=O)=O)cc1. The summed E-state index contributed by atoms with van der Waals surface area (Å²) in [5.41, 5.74) is 0.911. The summed E-state index contributed by atoms with van der Waals surface area (Å²) in [6.45, 7) is 1.27. The normalized spacial score (nSPS) is 12.6. The highest BCUT2D eigenvalue weighted by atomic mass is 32.2. The van der Waals surface area contributed by atoms with E-state index in [0.717, 1.165) is 16.8 Å². The molecule has 0 fully saturated rings. The second-order valence-corrected chi connectivity index (χ2v) is 11.7. The van der Waals surface area contributed by atoms with Crippen LogP contribution in [0.5, 0.6) is 11.5 Å². The number of rotatable bonds is 9. The first-order chi connectivity index (χ1) is 15.9. The summed E-state index contributed by atoms with van der Waals surface area (Å²) >= 11 is 0. The minimum Gasteiger partial charge on any atom is -0.455 e. The molecule has 0 aromatic heterocycles. The minimum absolute atomic E-state index is 0.174. The summed E-state index contributed by atoms with van der Waals surface area (Å²) in [7, 11) is -7.16. The minimum atomic E-state index is -3.82. The third-order valence-corrected chi connectivity index (χ3v) is 7.23. The maximum atomic E-state index is 12.8. The van der Waals surface area contributed by atoms with E-state index in [-0.39, 0.29) is 16.3 Å². The van der Waals surface area contributed by atoms with Gasteiger partial charge in [-0.25, -0.2) is 16.8 Å². The van der Waals surface area contributed by atoms with Gasteiger partial charge in [0.25, 0.3) is 0 Å². The topological polar surface area (TPSA) is 110 Å². The molecule has 0 aliphatic rings. The van der Waals surface area contributed by atoms with Gasteiger partial charge in [0.2, 0.25) is 15.9 Å². The Bertz CT molecular complexity index is 1360. The maximum Gasteiger partial charge on any atom is 0.241 e. The second-order valence-electron chi connectivity index (χ2n) is 7.78. The lowest BCUT2D eigenvalue weighted by Gasteiger charge is -2.25. The number of carbonyl (C=O) groups excluding carboxylic acids is 1. The summed E-state index contributed by atoms with van der Waals surface area (Å²) < 4.78 is 55.3. The van der Waals surface area contributed by atoms with Crippen LogP contribution in [0.3, 0.4) is 0 Å². The quantitative estimate of drug-likeness (QED) is 0.479. The van der Waals surface area contributed by atoms with E-state index in [2.05, 4.69) is 5.32 Å². The van der Waals surface area contributed by atoms with Crippen LogP contribution in [0.1, 0.15) is 18.5 Å². The number of hydrogen-bond donors (Lipinski definition) is 1. The third-order valence-electron chi connectivity index (χ3n) is 4.98. The number of ether oxygens (including phenoxy) is 1. The largest absolute Gasteiger partial charge is 0.455 e. The number of anilines is 1. The van der Waals surface area contributed by atoms with Crippen molar-refractivity contribution in [2.45, 2.75) is 17.9 Å². The number of sulfone groups is 1. The highest BCUT2D eigenvalue weighted by molar-refractivity contribution is 7.92. The van der Waals surface area contributed by atoms with Gasteiger partial charge in [-0.15, -0.1) is 0 Å². The lowest BCUT2D eigenvalue weighted by atomic mass is 10.1. The lowest BCUT2D eigenvalue weighted by Crippen LogP contribution is -2.41. The van der Waals surface area contributed by atoms with Gasteiger partial charge in [-0.2, -0.15) is 0 Å². The molecule has 1 N–H and O–H groups in total. The highest BCUT2D eigenvalue weighted by Crippen LogP contribution is 2.33. The molecular weight excluding hydrogens is 476 g/mol. The van der Waals surface area contributed by atoms with Crippen LogP contribution in [0.4, 0.5) is 5.69 Å². The fourth-order valence-electron chi connectivity index (χ4n) is 3.25. The molecule has 0 spiro atoms. The summed E-state index contributed by atoms with van der Waals surface area (Å²) in [5.74, 6) is 0.287. The Morgan fingerprint density at radius 3 is 2.06 bits per heavy atom. The van der Waals surface area contributed by atoms with Crippen LogP contribution in [-0.4, -0.2) is 41.8 Å². The van der Waals surface area contributed by atoms with Crippen molar-refractivity contribution in [3.8, 4) is 11.5 Å². The van der Waals surface area contributed by atoms with Crippen LogP contribution in [0, 0.1) is 0 Å². The molecule has 0 saturated carbocycles. The molecule has 3 aromatic rings. The zero-order valence-corrected chi connectivity index (χ0v) is 20.6. The molecule has 0 aliphatic carbocycles. The molecule has 3 rings (SSSR count). The Morgan fingerprint density at radius 1 is 0.882 bits per heavy atom. The van der Waals surface area contributed by atoms with Crippen molar-refractivity contribution in [2.24, 2.45) is 0 Å². The van der Waals surface area contributed by atoms with Gasteiger partial charge in [-0.05, 0) is 48.9 Å². The molecule has 8 nitrogen and oxygen atoms in total. The second kappa shape index (κ2) is 10.3. The summed E-state index contributed by atoms with van der Waals surface area (Å²) in [4.78, 5) is 13.0. The van der Waals surface area contributed by atoms with Gasteiger partial charge >= 0.3 is 0 Å². The van der Waals surface area contributed by atoms with E-state index in [1.54, 1.807) is 67.6 Å². The Labute approximate surface area is 200 Å². The lowest BCUT2D eigenvalue weighted by molar-refractivity contribution is -0.120. The summed E-state index contributed by atoms with van der Waals surface area (Å²) in [6.07, 6.45) is 2.14. The number of amides is 1. The fourth-order valence-corrected chi connectivity index (χ4v) is 4.74. The molecule has 3 aromatic carbocycles. The third kappa shape index (κ3) is 6.58. The van der Waals surface area contributed by atoms with E-state index in [9.17, 15) is 21.6 Å². The molecule has 0 radical (unpaired) electrons. The van der Waals surface area contributed by atoms with Crippen molar-refractivity contribution in [2.75, 3.05) is 23.4 Å². The molecule has 10 heteroatoms. The highest BCUT2D eigenvalue weighted by Gasteiger charge is 2.25. The van der Waals surface area contributed by atoms with E-state index in [0.29, 0.717) is 11.3 Å². The Morgan fingerprint density at radius 2 is 1.47 bits per heavy atom. The molecule has 0 aliphatic heterocycles. The van der Waals surface area contributed by atoms with Crippen molar-refractivity contribution < 1.29 is 26.4 Å². The number of sulfonamides is 1. The number of benzene rings is 3. The Hall–Kier alpha value is -3.37. The molecular formula is C24H26N2O6S2. The van der Waals surface area contributed by atoms with Gasteiger partial charge in [0, 0.05) is 6.26 Å². The molecule has 0 saturated heterocycles. The first-order valence-electron chi connectivity index (χ1n) is 10.3.